The van der Waals surface area contributed by atoms with Crippen LogP contribution in [0.1, 0.15) is 25.5 Å². The van der Waals surface area contributed by atoms with Crippen molar-refractivity contribution in [2.45, 2.75) is 30.2 Å². The van der Waals surface area contributed by atoms with E-state index in [2.05, 4.69) is 24.0 Å². The summed E-state index contributed by atoms with van der Waals surface area (Å²) in [6.07, 6.45) is 4.09. The second kappa shape index (κ2) is 3.31. The van der Waals surface area contributed by atoms with Gasteiger partial charge in [0.1, 0.15) is 0 Å². The molecule has 1 aromatic heterocycles. The van der Waals surface area contributed by atoms with Crippen LogP contribution >= 0.6 is 11.8 Å². The summed E-state index contributed by atoms with van der Waals surface area (Å²) in [6.45, 7) is 2.14. The molecule has 1 fully saturated rings. The van der Waals surface area contributed by atoms with Crippen LogP contribution in [0, 0.1) is 0 Å². The van der Waals surface area contributed by atoms with Crippen molar-refractivity contribution in [1.82, 2.24) is 4.98 Å². The molecule has 2 rings (SSSR count). The van der Waals surface area contributed by atoms with E-state index in [0.29, 0.717) is 0 Å². The third-order valence-electron chi connectivity index (χ3n) is 2.35. The number of pyridine rings is 1. The van der Waals surface area contributed by atoms with Crippen molar-refractivity contribution in [3.8, 4) is 0 Å². The third-order valence-corrected chi connectivity index (χ3v) is 3.21. The highest BCUT2D eigenvalue weighted by molar-refractivity contribution is 7.99. The summed E-state index contributed by atoms with van der Waals surface area (Å²) in [5, 5.41) is 0. The van der Waals surface area contributed by atoms with E-state index in [-0.39, 0.29) is 5.54 Å². The lowest BCUT2D eigenvalue weighted by atomic mass is 10.2. The number of nitrogens with two attached hydrogens (primary N) is 1. The summed E-state index contributed by atoms with van der Waals surface area (Å²) >= 11 is 1.81. The van der Waals surface area contributed by atoms with Crippen LogP contribution in [0.3, 0.4) is 0 Å². The van der Waals surface area contributed by atoms with Gasteiger partial charge in [0.15, 0.2) is 0 Å². The molecule has 0 aromatic carbocycles. The Morgan fingerprint density at radius 2 is 2.31 bits per heavy atom. The van der Waals surface area contributed by atoms with Crippen molar-refractivity contribution in [1.29, 1.82) is 0 Å². The number of hydrogen-bond donors (Lipinski definition) is 1. The molecule has 0 aliphatic heterocycles. The quantitative estimate of drug-likeness (QED) is 0.749. The highest BCUT2D eigenvalue weighted by atomic mass is 32.2. The van der Waals surface area contributed by atoms with Crippen LogP contribution in [-0.4, -0.2) is 10.7 Å². The molecule has 0 radical (unpaired) electrons. The Labute approximate surface area is 82.9 Å². The van der Waals surface area contributed by atoms with E-state index in [1.54, 1.807) is 0 Å². The Kier molecular flexibility index (Phi) is 2.30. The summed E-state index contributed by atoms with van der Waals surface area (Å²) < 4.78 is 0. The normalized spacial score (nSPS) is 18.6. The maximum Gasteiger partial charge on any atom is 0.0603 e. The molecule has 1 saturated carbocycles. The monoisotopic (exact) mass is 194 g/mol. The van der Waals surface area contributed by atoms with Gasteiger partial charge in [0, 0.05) is 11.1 Å². The average molecular weight is 194 g/mol. The van der Waals surface area contributed by atoms with Crippen LogP contribution in [-0.2, 0) is 5.54 Å². The highest BCUT2D eigenvalue weighted by Gasteiger charge is 2.41. The first kappa shape index (κ1) is 9.03. The molecule has 0 amide bonds. The van der Waals surface area contributed by atoms with Crippen molar-refractivity contribution in [3.63, 3.8) is 0 Å². The van der Waals surface area contributed by atoms with Crippen LogP contribution in [0.4, 0.5) is 0 Å². The minimum atomic E-state index is -0.0879. The van der Waals surface area contributed by atoms with Crippen molar-refractivity contribution in [2.24, 2.45) is 5.73 Å². The molecule has 3 heteroatoms. The third kappa shape index (κ3) is 1.86. The van der Waals surface area contributed by atoms with Crippen molar-refractivity contribution in [3.05, 3.63) is 24.0 Å². The molecule has 0 saturated heterocycles. The second-order valence-electron chi connectivity index (χ2n) is 3.47. The lowest BCUT2D eigenvalue weighted by Crippen LogP contribution is -2.19. The Morgan fingerprint density at radius 3 is 2.77 bits per heavy atom. The van der Waals surface area contributed by atoms with Crippen LogP contribution in [0.25, 0.3) is 0 Å². The molecule has 0 bridgehead atoms. The zero-order valence-electron chi connectivity index (χ0n) is 7.79. The van der Waals surface area contributed by atoms with Gasteiger partial charge in [0.25, 0.3) is 0 Å². The van der Waals surface area contributed by atoms with Gasteiger partial charge in [-0.05, 0) is 30.7 Å². The van der Waals surface area contributed by atoms with Crippen molar-refractivity contribution < 1.29 is 0 Å². The highest BCUT2D eigenvalue weighted by Crippen LogP contribution is 2.41. The molecule has 1 heterocycles. The lowest BCUT2D eigenvalue weighted by molar-refractivity contribution is 0.705. The maximum absolute atomic E-state index is 6.02. The lowest BCUT2D eigenvalue weighted by Gasteiger charge is -2.07. The van der Waals surface area contributed by atoms with E-state index in [9.17, 15) is 0 Å². The van der Waals surface area contributed by atoms with Gasteiger partial charge in [0.2, 0.25) is 0 Å². The summed E-state index contributed by atoms with van der Waals surface area (Å²) in [5.41, 5.74) is 6.98. The standard InChI is InChI=1S/C10H14N2S/c1-2-13-8-3-4-9(12-7-8)10(11)5-6-10/h3-4,7H,2,5-6,11H2,1H3. The van der Waals surface area contributed by atoms with Gasteiger partial charge >= 0.3 is 0 Å². The van der Waals surface area contributed by atoms with Gasteiger partial charge in [0.05, 0.1) is 11.2 Å². The number of rotatable bonds is 3. The topological polar surface area (TPSA) is 38.9 Å². The van der Waals surface area contributed by atoms with Crippen LogP contribution < -0.4 is 5.73 Å². The summed E-state index contributed by atoms with van der Waals surface area (Å²) in [6, 6.07) is 4.18. The molecule has 1 aliphatic rings. The largest absolute Gasteiger partial charge is 0.320 e. The van der Waals surface area contributed by atoms with Crippen molar-refractivity contribution in [2.75, 3.05) is 5.75 Å². The Balaban J connectivity index is 2.14. The van der Waals surface area contributed by atoms with Gasteiger partial charge in [-0.15, -0.1) is 11.8 Å². The van der Waals surface area contributed by atoms with Crippen LogP contribution in [0.5, 0.6) is 0 Å². The van der Waals surface area contributed by atoms with E-state index in [1.807, 2.05) is 18.0 Å². The van der Waals surface area contributed by atoms with Gasteiger partial charge in [-0.1, -0.05) is 6.92 Å². The second-order valence-corrected chi connectivity index (χ2v) is 4.81. The fourth-order valence-corrected chi connectivity index (χ4v) is 1.94. The van der Waals surface area contributed by atoms with E-state index in [0.717, 1.165) is 24.3 Å². The summed E-state index contributed by atoms with van der Waals surface area (Å²) in [7, 11) is 0. The molecule has 2 N–H and O–H groups in total. The smallest absolute Gasteiger partial charge is 0.0603 e. The molecular formula is C10H14N2S. The summed E-state index contributed by atoms with van der Waals surface area (Å²) in [5.74, 6) is 1.09. The molecule has 2 nitrogen and oxygen atoms in total. The first-order valence-electron chi connectivity index (χ1n) is 4.63. The first-order valence-corrected chi connectivity index (χ1v) is 5.61. The SMILES string of the molecule is CCSc1ccc(C2(N)CC2)nc1. The molecule has 0 atom stereocenters. The van der Waals surface area contributed by atoms with Crippen LogP contribution in [0.15, 0.2) is 23.2 Å². The number of nitrogens with zero attached hydrogens (tertiary/aromatic N) is 1. The predicted octanol–water partition coefficient (Wildman–Crippen LogP) is 2.14. The van der Waals surface area contributed by atoms with Gasteiger partial charge < -0.3 is 5.73 Å². The Morgan fingerprint density at radius 1 is 1.54 bits per heavy atom. The van der Waals surface area contributed by atoms with Gasteiger partial charge in [-0.3, -0.25) is 4.98 Å². The molecular weight excluding hydrogens is 180 g/mol. The van der Waals surface area contributed by atoms with E-state index < -0.39 is 0 Å². The summed E-state index contributed by atoms with van der Waals surface area (Å²) in [4.78, 5) is 5.62. The van der Waals surface area contributed by atoms with E-state index in [4.69, 9.17) is 5.73 Å². The molecule has 0 unspecified atom stereocenters. The first-order chi connectivity index (χ1) is 6.24. The van der Waals surface area contributed by atoms with E-state index in [1.165, 1.54) is 4.90 Å². The number of thioether (sulfide) groups is 1. The van der Waals surface area contributed by atoms with Gasteiger partial charge in [-0.25, -0.2) is 0 Å². The minimum Gasteiger partial charge on any atom is -0.320 e. The van der Waals surface area contributed by atoms with E-state index >= 15 is 0 Å². The fraction of sp³-hybridized carbons (Fsp3) is 0.500. The molecule has 1 aromatic rings. The predicted molar refractivity (Wildman–Crippen MR) is 55.7 cm³/mol. The molecule has 0 spiro atoms. The fourth-order valence-electron chi connectivity index (χ4n) is 1.32. The number of aromatic nitrogens is 1. The molecule has 70 valence electrons. The minimum absolute atomic E-state index is 0.0879. The Bertz CT molecular complexity index is 290. The van der Waals surface area contributed by atoms with Crippen LogP contribution in [0.2, 0.25) is 0 Å². The Hall–Kier alpha value is -0.540. The molecule has 1 aliphatic carbocycles. The zero-order chi connectivity index (χ0) is 9.31. The van der Waals surface area contributed by atoms with Gasteiger partial charge in [-0.2, -0.15) is 0 Å². The maximum atomic E-state index is 6.02. The molecule has 13 heavy (non-hydrogen) atoms. The van der Waals surface area contributed by atoms with Crippen molar-refractivity contribution >= 4 is 11.8 Å². The zero-order valence-corrected chi connectivity index (χ0v) is 8.60. The average Bonchev–Trinajstić information content (AvgIpc) is 2.87. The number of hydrogen-bond acceptors (Lipinski definition) is 3.